The third-order valence-electron chi connectivity index (χ3n) is 4.52. The van der Waals surface area contributed by atoms with Crippen molar-refractivity contribution in [3.63, 3.8) is 0 Å². The minimum absolute atomic E-state index is 0.0383. The van der Waals surface area contributed by atoms with E-state index in [2.05, 4.69) is 17.6 Å². The fourth-order valence-corrected chi connectivity index (χ4v) is 2.90. The van der Waals surface area contributed by atoms with E-state index in [-0.39, 0.29) is 30.9 Å². The Morgan fingerprint density at radius 3 is 2.30 bits per heavy atom. The van der Waals surface area contributed by atoms with Crippen LogP contribution in [-0.4, -0.2) is 29.3 Å². The Bertz CT molecular complexity index is 813. The van der Waals surface area contributed by atoms with Gasteiger partial charge in [0.25, 0.3) is 5.91 Å². The fourth-order valence-electron chi connectivity index (χ4n) is 2.90. The van der Waals surface area contributed by atoms with Crippen molar-refractivity contribution in [3.05, 3.63) is 65.2 Å². The van der Waals surface area contributed by atoms with Crippen LogP contribution in [-0.2, 0) is 17.8 Å². The average Bonchev–Trinajstić information content (AvgIpc) is 3.00. The Hall–Kier alpha value is -3.15. The molecular formula is C21H23N3O3. The molecule has 0 aromatic heterocycles. The Morgan fingerprint density at radius 2 is 1.70 bits per heavy atom. The average molecular weight is 365 g/mol. The molecule has 2 aromatic carbocycles. The van der Waals surface area contributed by atoms with E-state index in [4.69, 9.17) is 0 Å². The van der Waals surface area contributed by atoms with Crippen LogP contribution in [0.5, 0.6) is 0 Å². The van der Waals surface area contributed by atoms with E-state index < -0.39 is 0 Å². The molecule has 1 heterocycles. The zero-order chi connectivity index (χ0) is 19.2. The molecule has 2 N–H and O–H groups in total. The van der Waals surface area contributed by atoms with Gasteiger partial charge in [0.1, 0.15) is 0 Å². The lowest BCUT2D eigenvalue weighted by Crippen LogP contribution is -2.30. The highest BCUT2D eigenvalue weighted by Gasteiger charge is 2.28. The summed E-state index contributed by atoms with van der Waals surface area (Å²) < 4.78 is 0. The first-order valence-corrected chi connectivity index (χ1v) is 9.14. The van der Waals surface area contributed by atoms with Crippen LogP contribution in [0.25, 0.3) is 0 Å². The summed E-state index contributed by atoms with van der Waals surface area (Å²) in [6.45, 7) is 2.40. The monoisotopic (exact) mass is 365 g/mol. The predicted octanol–water partition coefficient (Wildman–Crippen LogP) is 3.33. The summed E-state index contributed by atoms with van der Waals surface area (Å²) in [4.78, 5) is 36.8. The molecule has 0 radical (unpaired) electrons. The van der Waals surface area contributed by atoms with Crippen LogP contribution in [0.2, 0.25) is 0 Å². The topological polar surface area (TPSA) is 78.5 Å². The number of hydrogen-bond acceptors (Lipinski definition) is 3. The molecule has 140 valence electrons. The highest BCUT2D eigenvalue weighted by Crippen LogP contribution is 2.15. The minimum atomic E-state index is -0.385. The molecule has 0 spiro atoms. The second-order valence-corrected chi connectivity index (χ2v) is 6.59. The first-order valence-electron chi connectivity index (χ1n) is 9.14. The van der Waals surface area contributed by atoms with Gasteiger partial charge < -0.3 is 10.6 Å². The van der Waals surface area contributed by atoms with Crippen molar-refractivity contribution in [1.82, 2.24) is 10.2 Å². The number of nitrogens with zero attached hydrogens (tertiary/aromatic N) is 1. The molecular weight excluding hydrogens is 342 g/mol. The molecule has 0 bridgehead atoms. The summed E-state index contributed by atoms with van der Waals surface area (Å²) in [7, 11) is 0. The van der Waals surface area contributed by atoms with Crippen LogP contribution in [0.4, 0.5) is 10.5 Å². The van der Waals surface area contributed by atoms with E-state index in [1.165, 1.54) is 5.56 Å². The summed E-state index contributed by atoms with van der Waals surface area (Å²) >= 11 is 0. The van der Waals surface area contributed by atoms with Crippen LogP contribution in [0, 0.1) is 0 Å². The molecule has 3 rings (SSSR count). The van der Waals surface area contributed by atoms with Gasteiger partial charge in [-0.25, -0.2) is 4.79 Å². The molecule has 4 amide bonds. The fraction of sp³-hybridized carbons (Fsp3) is 0.286. The number of benzene rings is 2. The zero-order valence-corrected chi connectivity index (χ0v) is 15.3. The largest absolute Gasteiger partial charge is 0.329 e. The summed E-state index contributed by atoms with van der Waals surface area (Å²) in [6.07, 6.45) is 3.36. The zero-order valence-electron chi connectivity index (χ0n) is 15.3. The van der Waals surface area contributed by atoms with Crippen LogP contribution in [0.15, 0.2) is 48.5 Å². The van der Waals surface area contributed by atoms with Crippen molar-refractivity contribution in [1.29, 1.82) is 0 Å². The smallest absolute Gasteiger partial charge is 0.324 e. The summed E-state index contributed by atoms with van der Waals surface area (Å²) in [5, 5.41) is 5.37. The SMILES string of the molecule is CCCCc1ccc(NC(=O)c2ccc(CN3C(=O)CNC3=O)cc2)cc1. The maximum absolute atomic E-state index is 12.4. The van der Waals surface area contributed by atoms with E-state index in [9.17, 15) is 14.4 Å². The van der Waals surface area contributed by atoms with Crippen molar-refractivity contribution >= 4 is 23.5 Å². The highest BCUT2D eigenvalue weighted by atomic mass is 16.2. The molecule has 6 nitrogen and oxygen atoms in total. The summed E-state index contributed by atoms with van der Waals surface area (Å²) in [5.41, 5.74) is 3.33. The van der Waals surface area contributed by atoms with Crippen LogP contribution in [0.3, 0.4) is 0 Å². The van der Waals surface area contributed by atoms with E-state index in [0.717, 1.165) is 35.4 Å². The van der Waals surface area contributed by atoms with Gasteiger partial charge in [0.2, 0.25) is 5.91 Å². The summed E-state index contributed by atoms with van der Waals surface area (Å²) in [5.74, 6) is -0.443. The second-order valence-electron chi connectivity index (χ2n) is 6.59. The van der Waals surface area contributed by atoms with Gasteiger partial charge in [-0.05, 0) is 48.2 Å². The molecule has 1 aliphatic heterocycles. The van der Waals surface area contributed by atoms with Crippen molar-refractivity contribution in [2.24, 2.45) is 0 Å². The third-order valence-corrected chi connectivity index (χ3v) is 4.52. The van der Waals surface area contributed by atoms with E-state index in [0.29, 0.717) is 5.56 Å². The van der Waals surface area contributed by atoms with Gasteiger partial charge in [0.05, 0.1) is 13.1 Å². The van der Waals surface area contributed by atoms with Gasteiger partial charge in [0.15, 0.2) is 0 Å². The number of anilines is 1. The summed E-state index contributed by atoms with van der Waals surface area (Å²) in [6, 6.07) is 14.4. The van der Waals surface area contributed by atoms with Crippen LogP contribution < -0.4 is 10.6 Å². The lowest BCUT2D eigenvalue weighted by Gasteiger charge is -2.12. The lowest BCUT2D eigenvalue weighted by molar-refractivity contribution is -0.125. The predicted molar refractivity (Wildman–Crippen MR) is 103 cm³/mol. The van der Waals surface area contributed by atoms with Crippen molar-refractivity contribution < 1.29 is 14.4 Å². The Labute approximate surface area is 158 Å². The van der Waals surface area contributed by atoms with Crippen molar-refractivity contribution in [3.8, 4) is 0 Å². The van der Waals surface area contributed by atoms with E-state index >= 15 is 0 Å². The van der Waals surface area contributed by atoms with Gasteiger partial charge in [0, 0.05) is 11.3 Å². The number of aryl methyl sites for hydroxylation is 1. The number of hydrogen-bond donors (Lipinski definition) is 2. The molecule has 1 fully saturated rings. The maximum Gasteiger partial charge on any atom is 0.324 e. The molecule has 1 aliphatic rings. The number of imide groups is 1. The first kappa shape index (κ1) is 18.6. The molecule has 0 aliphatic carbocycles. The van der Waals surface area contributed by atoms with Gasteiger partial charge in [-0.2, -0.15) is 0 Å². The number of unbranched alkanes of at least 4 members (excludes halogenated alkanes) is 1. The van der Waals surface area contributed by atoms with Gasteiger partial charge in [-0.1, -0.05) is 37.6 Å². The number of urea groups is 1. The molecule has 0 atom stereocenters. The maximum atomic E-state index is 12.4. The Balaban J connectivity index is 1.58. The quantitative estimate of drug-likeness (QED) is 0.739. The van der Waals surface area contributed by atoms with Gasteiger partial charge >= 0.3 is 6.03 Å². The first-order chi connectivity index (χ1) is 13.1. The normalized spacial score (nSPS) is 13.6. The van der Waals surface area contributed by atoms with Crippen LogP contribution >= 0.6 is 0 Å². The van der Waals surface area contributed by atoms with E-state index in [1.807, 2.05) is 24.3 Å². The molecule has 2 aromatic rings. The van der Waals surface area contributed by atoms with Crippen molar-refractivity contribution in [2.75, 3.05) is 11.9 Å². The number of carbonyl (C=O) groups excluding carboxylic acids is 3. The van der Waals surface area contributed by atoms with E-state index in [1.54, 1.807) is 24.3 Å². The molecule has 27 heavy (non-hydrogen) atoms. The third kappa shape index (κ3) is 4.73. The minimum Gasteiger partial charge on any atom is -0.329 e. The number of rotatable bonds is 7. The Morgan fingerprint density at radius 1 is 1.04 bits per heavy atom. The molecule has 6 heteroatoms. The number of nitrogens with one attached hydrogen (secondary N) is 2. The van der Waals surface area contributed by atoms with Crippen molar-refractivity contribution in [2.45, 2.75) is 32.7 Å². The standard InChI is InChI=1S/C21H23N3O3/c1-2-3-4-15-7-11-18(12-8-15)23-20(26)17-9-5-16(6-10-17)14-24-19(25)13-22-21(24)27/h5-12H,2-4,13-14H2,1H3,(H,22,27)(H,23,26). The van der Waals surface area contributed by atoms with Crippen LogP contribution in [0.1, 0.15) is 41.3 Å². The Kier molecular flexibility index (Phi) is 5.86. The molecule has 0 unspecified atom stereocenters. The highest BCUT2D eigenvalue weighted by molar-refractivity contribution is 6.04. The number of amides is 4. The van der Waals surface area contributed by atoms with Gasteiger partial charge in [-0.15, -0.1) is 0 Å². The molecule has 0 saturated carbocycles. The number of carbonyl (C=O) groups is 3. The molecule has 1 saturated heterocycles. The lowest BCUT2D eigenvalue weighted by atomic mass is 10.1. The second kappa shape index (κ2) is 8.49. The van der Waals surface area contributed by atoms with Gasteiger partial charge in [-0.3, -0.25) is 14.5 Å².